The van der Waals surface area contributed by atoms with Gasteiger partial charge in [-0.25, -0.2) is 9.67 Å². The smallest absolute Gasteiger partial charge is 0.258 e. The van der Waals surface area contributed by atoms with Gasteiger partial charge in [0.15, 0.2) is 0 Å². The number of hydrogen-bond acceptors (Lipinski definition) is 6. The Morgan fingerprint density at radius 2 is 2.21 bits per heavy atom. The van der Waals surface area contributed by atoms with E-state index in [1.807, 2.05) is 19.1 Å². The van der Waals surface area contributed by atoms with Crippen molar-refractivity contribution in [3.05, 3.63) is 54.5 Å². The third-order valence-electron chi connectivity index (χ3n) is 3.75. The summed E-state index contributed by atoms with van der Waals surface area (Å²) in [6.07, 6.45) is 3.01. The zero-order chi connectivity index (χ0) is 16.5. The van der Waals surface area contributed by atoms with E-state index in [1.54, 1.807) is 35.4 Å². The van der Waals surface area contributed by atoms with Gasteiger partial charge in [0.25, 0.3) is 5.91 Å². The molecule has 2 aromatic heterocycles. The Morgan fingerprint density at radius 3 is 3.04 bits per heavy atom. The molecule has 120 valence electrons. The summed E-state index contributed by atoms with van der Waals surface area (Å²) in [4.78, 5) is 18.9. The van der Waals surface area contributed by atoms with Gasteiger partial charge in [0.1, 0.15) is 18.1 Å². The molecule has 0 fully saturated rings. The van der Waals surface area contributed by atoms with Crippen molar-refractivity contribution in [3.63, 3.8) is 0 Å². The van der Waals surface area contributed by atoms with E-state index >= 15 is 0 Å². The van der Waals surface area contributed by atoms with Gasteiger partial charge in [-0.15, -0.1) is 5.10 Å². The van der Waals surface area contributed by atoms with Crippen LogP contribution < -0.4 is 9.64 Å². The van der Waals surface area contributed by atoms with Gasteiger partial charge < -0.3 is 4.74 Å². The summed E-state index contributed by atoms with van der Waals surface area (Å²) < 4.78 is 7.20. The van der Waals surface area contributed by atoms with Crippen LogP contribution in [0.1, 0.15) is 17.3 Å². The van der Waals surface area contributed by atoms with Gasteiger partial charge in [0, 0.05) is 11.8 Å². The molecule has 0 aliphatic carbocycles. The SMILES string of the molecule is CC1CN(C(=O)c2cccc(-n3cnnn3)c2)c2cccnc2O1. The van der Waals surface area contributed by atoms with E-state index in [-0.39, 0.29) is 12.0 Å². The quantitative estimate of drug-likeness (QED) is 0.710. The summed E-state index contributed by atoms with van der Waals surface area (Å²) in [5, 5.41) is 11.1. The number of benzene rings is 1. The van der Waals surface area contributed by atoms with Crippen LogP contribution in [0.5, 0.6) is 5.88 Å². The summed E-state index contributed by atoms with van der Waals surface area (Å²) in [6, 6.07) is 10.8. The van der Waals surface area contributed by atoms with Crippen LogP contribution in [-0.4, -0.2) is 43.7 Å². The second-order valence-corrected chi connectivity index (χ2v) is 5.48. The maximum absolute atomic E-state index is 13.0. The van der Waals surface area contributed by atoms with E-state index in [2.05, 4.69) is 20.5 Å². The van der Waals surface area contributed by atoms with Crippen LogP contribution in [-0.2, 0) is 0 Å². The number of aromatic nitrogens is 5. The molecule has 1 amide bonds. The predicted octanol–water partition coefficient (Wildman–Crippen LogP) is 1.49. The molecule has 0 radical (unpaired) electrons. The van der Waals surface area contributed by atoms with E-state index < -0.39 is 0 Å². The Balaban J connectivity index is 1.71. The zero-order valence-corrected chi connectivity index (χ0v) is 12.9. The van der Waals surface area contributed by atoms with Gasteiger partial charge in [-0.2, -0.15) is 0 Å². The Bertz CT molecular complexity index is 880. The van der Waals surface area contributed by atoms with E-state index in [0.717, 1.165) is 5.69 Å². The number of carbonyl (C=O) groups is 1. The maximum atomic E-state index is 13.0. The molecular weight excluding hydrogens is 308 g/mol. The normalized spacial score (nSPS) is 16.4. The lowest BCUT2D eigenvalue weighted by Gasteiger charge is -2.32. The zero-order valence-electron chi connectivity index (χ0n) is 12.9. The van der Waals surface area contributed by atoms with Crippen molar-refractivity contribution in [2.45, 2.75) is 13.0 Å². The largest absolute Gasteiger partial charge is 0.471 e. The van der Waals surface area contributed by atoms with Crippen molar-refractivity contribution >= 4 is 11.6 Å². The molecule has 0 saturated carbocycles. The molecule has 0 spiro atoms. The molecule has 0 saturated heterocycles. The number of amides is 1. The van der Waals surface area contributed by atoms with Crippen molar-refractivity contribution in [1.29, 1.82) is 0 Å². The third-order valence-corrected chi connectivity index (χ3v) is 3.75. The average Bonchev–Trinajstić information content (AvgIpc) is 3.15. The van der Waals surface area contributed by atoms with Crippen LogP contribution in [0, 0.1) is 0 Å². The molecule has 1 unspecified atom stereocenters. The van der Waals surface area contributed by atoms with Gasteiger partial charge in [-0.3, -0.25) is 9.69 Å². The minimum Gasteiger partial charge on any atom is -0.471 e. The maximum Gasteiger partial charge on any atom is 0.258 e. The number of hydrogen-bond donors (Lipinski definition) is 0. The molecule has 0 bridgehead atoms. The number of nitrogens with zero attached hydrogens (tertiary/aromatic N) is 6. The van der Waals surface area contributed by atoms with Gasteiger partial charge in [-0.05, 0) is 47.7 Å². The molecule has 0 N–H and O–H groups in total. The Hall–Kier alpha value is -3.29. The first-order valence-electron chi connectivity index (χ1n) is 7.49. The minimum absolute atomic E-state index is 0.116. The molecule has 1 aliphatic heterocycles. The van der Waals surface area contributed by atoms with Crippen molar-refractivity contribution in [3.8, 4) is 11.6 Å². The standard InChI is InChI=1S/C16H14N6O2/c1-11-9-21(14-6-3-7-17-15(14)24-11)16(23)12-4-2-5-13(8-12)22-10-18-19-20-22/h2-8,10-11H,9H2,1H3. The number of tetrazole rings is 1. The van der Waals surface area contributed by atoms with Crippen molar-refractivity contribution in [2.75, 3.05) is 11.4 Å². The minimum atomic E-state index is -0.126. The molecule has 1 aliphatic rings. The van der Waals surface area contributed by atoms with E-state index in [0.29, 0.717) is 23.7 Å². The van der Waals surface area contributed by atoms with Crippen molar-refractivity contribution < 1.29 is 9.53 Å². The Morgan fingerprint density at radius 1 is 1.29 bits per heavy atom. The summed E-state index contributed by atoms with van der Waals surface area (Å²) in [5.74, 6) is 0.357. The summed E-state index contributed by atoms with van der Waals surface area (Å²) in [6.45, 7) is 2.38. The molecule has 1 aromatic carbocycles. The van der Waals surface area contributed by atoms with E-state index in [1.165, 1.54) is 11.0 Å². The molecule has 8 nitrogen and oxygen atoms in total. The highest BCUT2D eigenvalue weighted by molar-refractivity contribution is 6.07. The van der Waals surface area contributed by atoms with Gasteiger partial charge in [0.2, 0.25) is 5.88 Å². The number of ether oxygens (including phenoxy) is 1. The van der Waals surface area contributed by atoms with Gasteiger partial charge in [0.05, 0.1) is 12.2 Å². The fraction of sp³-hybridized carbons (Fsp3) is 0.188. The average molecular weight is 322 g/mol. The summed E-state index contributed by atoms with van der Waals surface area (Å²) in [7, 11) is 0. The fourth-order valence-corrected chi connectivity index (χ4v) is 2.67. The van der Waals surface area contributed by atoms with E-state index in [9.17, 15) is 4.79 Å². The first-order valence-corrected chi connectivity index (χ1v) is 7.49. The lowest BCUT2D eigenvalue weighted by atomic mass is 10.1. The van der Waals surface area contributed by atoms with Gasteiger partial charge >= 0.3 is 0 Å². The number of pyridine rings is 1. The lowest BCUT2D eigenvalue weighted by Crippen LogP contribution is -2.42. The van der Waals surface area contributed by atoms with Crippen LogP contribution in [0.3, 0.4) is 0 Å². The summed E-state index contributed by atoms with van der Waals surface area (Å²) in [5.41, 5.74) is 1.94. The number of anilines is 1. The predicted molar refractivity (Wildman–Crippen MR) is 85.2 cm³/mol. The van der Waals surface area contributed by atoms with Crippen LogP contribution in [0.2, 0.25) is 0 Å². The van der Waals surface area contributed by atoms with Crippen LogP contribution in [0.15, 0.2) is 48.9 Å². The van der Waals surface area contributed by atoms with Gasteiger partial charge in [-0.1, -0.05) is 6.07 Å². The third kappa shape index (κ3) is 2.47. The highest BCUT2D eigenvalue weighted by atomic mass is 16.5. The molecular formula is C16H14N6O2. The first-order chi connectivity index (χ1) is 11.7. The highest BCUT2D eigenvalue weighted by Gasteiger charge is 2.29. The molecule has 4 rings (SSSR count). The molecule has 8 heteroatoms. The fourth-order valence-electron chi connectivity index (χ4n) is 2.67. The summed E-state index contributed by atoms with van der Waals surface area (Å²) >= 11 is 0. The molecule has 1 atom stereocenters. The second-order valence-electron chi connectivity index (χ2n) is 5.48. The lowest BCUT2D eigenvalue weighted by molar-refractivity contribution is 0.0958. The molecule has 24 heavy (non-hydrogen) atoms. The Kier molecular flexibility index (Phi) is 3.42. The number of fused-ring (bicyclic) bond motifs is 1. The monoisotopic (exact) mass is 322 g/mol. The second kappa shape index (κ2) is 5.73. The molecule has 3 aromatic rings. The number of carbonyl (C=O) groups excluding carboxylic acids is 1. The Labute approximate surface area is 137 Å². The van der Waals surface area contributed by atoms with Crippen LogP contribution in [0.4, 0.5) is 5.69 Å². The molecule has 3 heterocycles. The van der Waals surface area contributed by atoms with E-state index in [4.69, 9.17) is 4.74 Å². The van der Waals surface area contributed by atoms with Crippen molar-refractivity contribution in [1.82, 2.24) is 25.2 Å². The van der Waals surface area contributed by atoms with Crippen molar-refractivity contribution in [2.24, 2.45) is 0 Å². The van der Waals surface area contributed by atoms with Crippen LogP contribution >= 0.6 is 0 Å². The van der Waals surface area contributed by atoms with Crippen LogP contribution in [0.25, 0.3) is 5.69 Å². The highest BCUT2D eigenvalue weighted by Crippen LogP contribution is 2.32. The topological polar surface area (TPSA) is 86.0 Å². The first kappa shape index (κ1) is 14.3. The number of rotatable bonds is 2.